The van der Waals surface area contributed by atoms with Gasteiger partial charge in [0.2, 0.25) is 0 Å². The van der Waals surface area contributed by atoms with Crippen molar-refractivity contribution in [3.63, 3.8) is 0 Å². The molecule has 1 aromatic heterocycles. The quantitative estimate of drug-likeness (QED) is 0.0734. The van der Waals surface area contributed by atoms with Crippen molar-refractivity contribution in [1.82, 2.24) is 9.97 Å². The van der Waals surface area contributed by atoms with E-state index in [1.165, 1.54) is 28.2 Å². The Morgan fingerprint density at radius 1 is 0.830 bits per heavy atom. The Morgan fingerprint density at radius 3 is 2.06 bits per heavy atom. The first-order valence-electron chi connectivity index (χ1n) is 16.4. The maximum atomic E-state index is 11.8. The summed E-state index contributed by atoms with van der Waals surface area (Å²) in [5, 5.41) is 13.3. The van der Waals surface area contributed by atoms with Gasteiger partial charge in [-0.25, -0.2) is 4.98 Å². The molecule has 0 bridgehead atoms. The van der Waals surface area contributed by atoms with Crippen LogP contribution in [-0.2, 0) is 24.9 Å². The van der Waals surface area contributed by atoms with Crippen molar-refractivity contribution in [3.8, 4) is 22.4 Å². The van der Waals surface area contributed by atoms with E-state index >= 15 is 0 Å². The molecule has 4 nitrogen and oxygen atoms in total. The third-order valence-electron chi connectivity index (χ3n) is 9.12. The van der Waals surface area contributed by atoms with Crippen LogP contribution in [0.25, 0.3) is 44.1 Å². The summed E-state index contributed by atoms with van der Waals surface area (Å²) in [6, 6.07) is 29.3. The van der Waals surface area contributed by atoms with Crippen molar-refractivity contribution < 1.29 is 30.0 Å². The van der Waals surface area contributed by atoms with Gasteiger partial charge in [0.15, 0.2) is 5.78 Å². The van der Waals surface area contributed by atoms with Crippen molar-refractivity contribution in [2.24, 2.45) is 10.8 Å². The zero-order valence-corrected chi connectivity index (χ0v) is 32.0. The molecule has 0 spiro atoms. The van der Waals surface area contributed by atoms with Crippen molar-refractivity contribution in [2.75, 3.05) is 0 Å². The first-order chi connectivity index (χ1) is 21.7. The molecule has 4 aromatic carbocycles. The molecule has 0 amide bonds. The molecule has 5 rings (SSSR count). The summed E-state index contributed by atoms with van der Waals surface area (Å²) in [4.78, 5) is 21.8. The Morgan fingerprint density at radius 2 is 1.47 bits per heavy atom. The van der Waals surface area contributed by atoms with Gasteiger partial charge in [0.05, 0.1) is 5.52 Å². The van der Waals surface area contributed by atoms with Crippen LogP contribution in [0.4, 0.5) is 0 Å². The van der Waals surface area contributed by atoms with E-state index in [2.05, 4.69) is 100 Å². The number of aliphatic hydroxyl groups excluding tert-OH is 1. The molecule has 0 atom stereocenters. The zero-order chi connectivity index (χ0) is 33.8. The predicted octanol–water partition coefficient (Wildman–Crippen LogP) is 11.5. The van der Waals surface area contributed by atoms with Crippen LogP contribution >= 0.6 is 0 Å². The molecule has 5 heteroatoms. The van der Waals surface area contributed by atoms with Crippen LogP contribution in [0, 0.1) is 30.7 Å². The van der Waals surface area contributed by atoms with E-state index in [-0.39, 0.29) is 48.4 Å². The van der Waals surface area contributed by atoms with E-state index in [0.29, 0.717) is 0 Å². The molecule has 0 saturated carbocycles. The fourth-order valence-corrected chi connectivity index (χ4v) is 5.11. The summed E-state index contributed by atoms with van der Waals surface area (Å²) < 4.78 is 0. The molecular weight excluding hydrogens is 757 g/mol. The number of hydrogen-bond donors (Lipinski definition) is 1. The number of benzene rings is 4. The molecule has 0 fully saturated rings. The van der Waals surface area contributed by atoms with Gasteiger partial charge < -0.3 is 5.11 Å². The number of aryl methyl sites for hydroxylation is 2. The Kier molecular flexibility index (Phi) is 12.5. The van der Waals surface area contributed by atoms with E-state index in [0.717, 1.165) is 51.8 Å². The molecule has 1 heterocycles. The first kappa shape index (κ1) is 37.8. The Balaban J connectivity index is 0.000000322. The molecule has 0 aliphatic heterocycles. The Hall–Kier alpha value is -3.66. The minimum absolute atomic E-state index is 0. The van der Waals surface area contributed by atoms with Crippen LogP contribution in [0.15, 0.2) is 84.6 Å². The second-order valence-electron chi connectivity index (χ2n) is 14.0. The van der Waals surface area contributed by atoms with Gasteiger partial charge in [0.1, 0.15) is 11.6 Å². The molecule has 47 heavy (non-hydrogen) atoms. The van der Waals surface area contributed by atoms with Crippen LogP contribution in [0.3, 0.4) is 0 Å². The van der Waals surface area contributed by atoms with Crippen LogP contribution in [-0.4, -0.2) is 20.9 Å². The number of rotatable bonds is 8. The SMILES string of the molecule is CCC(C)(C)C(=O)/C=C(\O)C(C)(C)CC.Cc1[c-]c(-c2nc(C(C)C)nc3c2ccc2cc(-c4ccccc4)ccc23)cc(C)c1.[Ir]. The normalized spacial score (nSPS) is 12.1. The van der Waals surface area contributed by atoms with Crippen molar-refractivity contribution in [3.05, 3.63) is 108 Å². The van der Waals surface area contributed by atoms with Gasteiger partial charge in [-0.2, -0.15) is 0 Å². The summed E-state index contributed by atoms with van der Waals surface area (Å²) in [5.74, 6) is 1.31. The molecular formula is C42H49IrN2O2-. The minimum Gasteiger partial charge on any atom is -0.512 e. The van der Waals surface area contributed by atoms with Gasteiger partial charge in [-0.05, 0) is 46.5 Å². The number of nitrogens with zero attached hydrogens (tertiary/aromatic N) is 2. The van der Waals surface area contributed by atoms with Gasteiger partial charge in [0, 0.05) is 48.3 Å². The molecule has 1 N–H and O–H groups in total. The van der Waals surface area contributed by atoms with Gasteiger partial charge in [-0.3, -0.25) is 9.78 Å². The number of hydrogen-bond acceptors (Lipinski definition) is 4. The molecule has 5 aromatic rings. The minimum atomic E-state index is -0.377. The van der Waals surface area contributed by atoms with Crippen molar-refractivity contribution >= 4 is 27.5 Å². The van der Waals surface area contributed by atoms with Crippen molar-refractivity contribution in [1.29, 1.82) is 0 Å². The summed E-state index contributed by atoms with van der Waals surface area (Å²) >= 11 is 0. The molecule has 1 radical (unpaired) electrons. The molecule has 249 valence electrons. The predicted molar refractivity (Wildman–Crippen MR) is 194 cm³/mol. The number of fused-ring (bicyclic) bond motifs is 3. The molecule has 0 aliphatic carbocycles. The average molecular weight is 806 g/mol. The third kappa shape index (κ3) is 8.83. The van der Waals surface area contributed by atoms with Crippen LogP contribution in [0.2, 0.25) is 0 Å². The molecule has 0 saturated heterocycles. The monoisotopic (exact) mass is 806 g/mol. The summed E-state index contributed by atoms with van der Waals surface area (Å²) in [7, 11) is 0. The number of allylic oxidation sites excluding steroid dienone is 2. The number of ketones is 1. The van der Waals surface area contributed by atoms with E-state index in [9.17, 15) is 9.90 Å². The Labute approximate surface area is 295 Å². The van der Waals surface area contributed by atoms with E-state index in [1.54, 1.807) is 0 Å². The first-order valence-corrected chi connectivity index (χ1v) is 16.4. The van der Waals surface area contributed by atoms with Gasteiger partial charge in [-0.15, -0.1) is 34.9 Å². The van der Waals surface area contributed by atoms with E-state index in [1.807, 2.05) is 47.6 Å². The second kappa shape index (κ2) is 15.5. The largest absolute Gasteiger partial charge is 0.512 e. The summed E-state index contributed by atoms with van der Waals surface area (Å²) in [5.41, 5.74) is 7.12. The Bertz CT molecular complexity index is 1870. The van der Waals surface area contributed by atoms with E-state index < -0.39 is 0 Å². The van der Waals surface area contributed by atoms with Gasteiger partial charge in [0.25, 0.3) is 0 Å². The van der Waals surface area contributed by atoms with Gasteiger partial charge in [-0.1, -0.05) is 124 Å². The maximum Gasteiger partial charge on any atom is 0.164 e. The standard InChI is InChI=1S/C29H25N2.C13H24O2.Ir/c1-18(2)29-30-27(24-15-19(3)14-20(4)16-24)26-13-11-23-17-22(21-8-6-5-7-9-21)10-12-25(23)28(26)31-29;1-7-12(3,4)10(14)9-11(15)13(5,6)8-2;/h5-15,17-18H,1-4H3;9,14H,7-8H2,1-6H3;/q-1;;/b;10-9-;. The average Bonchev–Trinajstić information content (AvgIpc) is 3.03. The fraction of sp³-hybridized carbons (Fsp3) is 0.357. The van der Waals surface area contributed by atoms with Crippen LogP contribution in [0.1, 0.15) is 91.1 Å². The number of aromatic nitrogens is 2. The zero-order valence-electron chi connectivity index (χ0n) is 29.6. The molecule has 0 aliphatic rings. The third-order valence-corrected chi connectivity index (χ3v) is 9.12. The smallest absolute Gasteiger partial charge is 0.164 e. The summed E-state index contributed by atoms with van der Waals surface area (Å²) in [6.07, 6.45) is 2.99. The second-order valence-corrected chi connectivity index (χ2v) is 14.0. The maximum absolute atomic E-state index is 11.8. The molecule has 0 unspecified atom stereocenters. The fourth-order valence-electron chi connectivity index (χ4n) is 5.11. The van der Waals surface area contributed by atoms with E-state index in [4.69, 9.17) is 9.97 Å². The number of aliphatic hydroxyl groups is 1. The number of carbonyl (C=O) groups is 1. The number of carbonyl (C=O) groups excluding carboxylic acids is 1. The summed E-state index contributed by atoms with van der Waals surface area (Å²) in [6.45, 7) is 20.2. The van der Waals surface area contributed by atoms with Crippen LogP contribution in [0.5, 0.6) is 0 Å². The van der Waals surface area contributed by atoms with Crippen LogP contribution < -0.4 is 0 Å². The van der Waals surface area contributed by atoms with Crippen molar-refractivity contribution in [2.45, 2.75) is 88.0 Å². The topological polar surface area (TPSA) is 63.1 Å². The van der Waals surface area contributed by atoms with Gasteiger partial charge >= 0.3 is 0 Å².